The topological polar surface area (TPSA) is 98.8 Å². The third-order valence-electron chi connectivity index (χ3n) is 1.06. The third-order valence-corrected chi connectivity index (χ3v) is 3.67. The van der Waals surface area contributed by atoms with E-state index in [1.54, 1.807) is 0 Å². The van der Waals surface area contributed by atoms with E-state index in [-0.39, 0.29) is 13.2 Å². The van der Waals surface area contributed by atoms with Gasteiger partial charge < -0.3 is 9.05 Å². The molecule has 1 amide bonds. The second kappa shape index (κ2) is 5.81. The number of nitrogens with one attached hydrogen (secondary N) is 1. The number of amides is 1. The van der Waals surface area contributed by atoms with E-state index in [1.165, 1.54) is 18.6 Å². The number of carbonyl (C=O) groups excluding carboxylic acids is 1. The zero-order valence-electron chi connectivity index (χ0n) is 8.10. The van der Waals surface area contributed by atoms with Gasteiger partial charge in [-0.3, -0.25) is 4.79 Å². The molecular formula is C5H11ClNO6PS. The maximum atomic E-state index is 11.6. The Labute approximate surface area is 92.2 Å². The lowest BCUT2D eigenvalue weighted by Crippen LogP contribution is -2.26. The van der Waals surface area contributed by atoms with Crippen molar-refractivity contribution in [3.05, 3.63) is 0 Å². The molecule has 0 fully saturated rings. The van der Waals surface area contributed by atoms with Gasteiger partial charge in [0.25, 0.3) is 0 Å². The summed E-state index contributed by atoms with van der Waals surface area (Å²) in [6.45, 7) is 2.84. The van der Waals surface area contributed by atoms with Gasteiger partial charge in [0.1, 0.15) is 0 Å². The van der Waals surface area contributed by atoms with Crippen molar-refractivity contribution in [2.24, 2.45) is 0 Å². The smallest absolute Gasteiger partial charge is 0.302 e. The summed E-state index contributed by atoms with van der Waals surface area (Å²) in [5, 5.41) is 0. The molecule has 0 saturated heterocycles. The Morgan fingerprint density at radius 3 is 2.00 bits per heavy atom. The average molecular weight is 280 g/mol. The molecule has 0 aliphatic heterocycles. The molecule has 0 radical (unpaired) electrons. The van der Waals surface area contributed by atoms with E-state index < -0.39 is 22.5 Å². The predicted molar refractivity (Wildman–Crippen MR) is 54.2 cm³/mol. The Morgan fingerprint density at radius 1 is 1.33 bits per heavy atom. The molecule has 7 nitrogen and oxygen atoms in total. The molecule has 0 aromatic rings. The normalized spacial score (nSPS) is 12.5. The number of hydrogen-bond donors (Lipinski definition) is 1. The molecule has 0 saturated carbocycles. The van der Waals surface area contributed by atoms with Crippen molar-refractivity contribution in [1.82, 2.24) is 4.72 Å². The maximum Gasteiger partial charge on any atom is 0.419 e. The fourth-order valence-electron chi connectivity index (χ4n) is 0.655. The zero-order valence-corrected chi connectivity index (χ0v) is 10.6. The summed E-state index contributed by atoms with van der Waals surface area (Å²) >= 11 is 0. The first kappa shape index (κ1) is 14.9. The van der Waals surface area contributed by atoms with Crippen molar-refractivity contribution in [2.45, 2.75) is 13.8 Å². The van der Waals surface area contributed by atoms with Crippen LogP contribution in [0, 0.1) is 0 Å². The highest BCUT2D eigenvalue weighted by molar-refractivity contribution is 8.13. The predicted octanol–water partition coefficient (Wildman–Crippen LogP) is 1.45. The van der Waals surface area contributed by atoms with Crippen LogP contribution in [0.3, 0.4) is 0 Å². The Kier molecular flexibility index (Phi) is 5.76. The summed E-state index contributed by atoms with van der Waals surface area (Å²) < 4.78 is 43.1. The number of halogens is 1. The van der Waals surface area contributed by atoms with Gasteiger partial charge in [0.05, 0.1) is 13.2 Å². The fraction of sp³-hybridized carbons (Fsp3) is 0.800. The van der Waals surface area contributed by atoms with Crippen LogP contribution in [0.4, 0.5) is 4.79 Å². The van der Waals surface area contributed by atoms with Crippen molar-refractivity contribution < 1.29 is 26.8 Å². The molecule has 0 rings (SSSR count). The molecule has 0 unspecified atom stereocenters. The molecule has 0 heterocycles. The first-order chi connectivity index (χ1) is 6.75. The highest BCUT2D eigenvalue weighted by Gasteiger charge is 2.36. The number of carbonyl (C=O) groups is 1. The van der Waals surface area contributed by atoms with Gasteiger partial charge in [-0.25, -0.2) is 9.29 Å². The summed E-state index contributed by atoms with van der Waals surface area (Å²) in [6, 6.07) is 0. The largest absolute Gasteiger partial charge is 0.419 e. The fourth-order valence-corrected chi connectivity index (χ4v) is 3.03. The number of hydrogen-bond acceptors (Lipinski definition) is 6. The van der Waals surface area contributed by atoms with E-state index in [0.717, 1.165) is 0 Å². The molecule has 0 bridgehead atoms. The molecule has 15 heavy (non-hydrogen) atoms. The lowest BCUT2D eigenvalue weighted by Gasteiger charge is -2.14. The van der Waals surface area contributed by atoms with Crippen LogP contribution in [0.2, 0.25) is 0 Å². The van der Waals surface area contributed by atoms with E-state index in [9.17, 15) is 17.8 Å². The SMILES string of the molecule is CCOP(=O)(OCC)C(=O)NS(=O)(=O)Cl. The van der Waals surface area contributed by atoms with Crippen LogP contribution in [0.15, 0.2) is 0 Å². The summed E-state index contributed by atoms with van der Waals surface area (Å²) in [4.78, 5) is 11.2. The van der Waals surface area contributed by atoms with Gasteiger partial charge in [0.2, 0.25) is 0 Å². The van der Waals surface area contributed by atoms with Crippen molar-refractivity contribution >= 4 is 33.2 Å². The van der Waals surface area contributed by atoms with E-state index >= 15 is 0 Å². The lowest BCUT2D eigenvalue weighted by molar-refractivity contribution is 0.209. The molecular weight excluding hydrogens is 269 g/mol. The first-order valence-corrected chi connectivity index (χ1v) is 7.76. The zero-order chi connectivity index (χ0) is 12.1. The molecule has 90 valence electrons. The van der Waals surface area contributed by atoms with Gasteiger partial charge in [0.15, 0.2) is 0 Å². The summed E-state index contributed by atoms with van der Waals surface area (Å²) in [5.74, 6) is 0. The molecule has 1 N–H and O–H groups in total. The van der Waals surface area contributed by atoms with Crippen molar-refractivity contribution in [2.75, 3.05) is 13.2 Å². The second-order valence-corrected chi connectivity index (χ2v) is 6.39. The second-order valence-electron chi connectivity index (χ2n) is 2.18. The number of rotatable bonds is 6. The van der Waals surface area contributed by atoms with Crippen LogP contribution in [0.5, 0.6) is 0 Å². The highest BCUT2D eigenvalue weighted by atomic mass is 35.7. The van der Waals surface area contributed by atoms with Crippen LogP contribution in [0.1, 0.15) is 13.8 Å². The molecule has 0 aromatic carbocycles. The average Bonchev–Trinajstić information content (AvgIpc) is 2.01. The Morgan fingerprint density at radius 2 is 1.73 bits per heavy atom. The molecule has 0 atom stereocenters. The van der Waals surface area contributed by atoms with E-state index in [4.69, 9.17) is 10.7 Å². The van der Waals surface area contributed by atoms with Crippen molar-refractivity contribution in [3.63, 3.8) is 0 Å². The van der Waals surface area contributed by atoms with Gasteiger partial charge in [0, 0.05) is 10.7 Å². The highest BCUT2D eigenvalue weighted by Crippen LogP contribution is 2.48. The Hall–Kier alpha value is -0.140. The lowest BCUT2D eigenvalue weighted by atomic mass is 10.9. The minimum absolute atomic E-state index is 0.0625. The first-order valence-electron chi connectivity index (χ1n) is 3.91. The minimum Gasteiger partial charge on any atom is -0.302 e. The van der Waals surface area contributed by atoms with E-state index in [2.05, 4.69) is 9.05 Å². The molecule has 10 heteroatoms. The minimum atomic E-state index is -4.30. The summed E-state index contributed by atoms with van der Waals surface area (Å²) in [5.41, 5.74) is -1.40. The quantitative estimate of drug-likeness (QED) is 0.583. The van der Waals surface area contributed by atoms with Crippen molar-refractivity contribution in [1.29, 1.82) is 0 Å². The summed E-state index contributed by atoms with van der Waals surface area (Å²) in [6.07, 6.45) is 0. The van der Waals surface area contributed by atoms with E-state index in [0.29, 0.717) is 0 Å². The van der Waals surface area contributed by atoms with Gasteiger partial charge >= 0.3 is 22.5 Å². The monoisotopic (exact) mass is 279 g/mol. The Balaban J connectivity index is 4.79. The van der Waals surface area contributed by atoms with Gasteiger partial charge in [-0.15, -0.1) is 0 Å². The van der Waals surface area contributed by atoms with Crippen molar-refractivity contribution in [3.8, 4) is 0 Å². The van der Waals surface area contributed by atoms with Crippen LogP contribution < -0.4 is 4.72 Å². The van der Waals surface area contributed by atoms with Gasteiger partial charge in [-0.05, 0) is 13.8 Å². The molecule has 0 spiro atoms. The Bertz CT molecular complexity index is 358. The molecule has 0 aliphatic carbocycles. The summed E-state index contributed by atoms with van der Waals surface area (Å²) in [7, 11) is -3.68. The van der Waals surface area contributed by atoms with Crippen LogP contribution in [-0.4, -0.2) is 27.3 Å². The van der Waals surface area contributed by atoms with Crippen LogP contribution in [-0.2, 0) is 22.8 Å². The third kappa shape index (κ3) is 5.48. The standard InChI is InChI=1S/C5H11ClNO6PS/c1-3-12-14(9,13-4-2)5(8)7-15(6,10)11/h3-4H2,1-2H3,(H,7,8). The van der Waals surface area contributed by atoms with Crippen LogP contribution in [0.25, 0.3) is 0 Å². The van der Waals surface area contributed by atoms with Gasteiger partial charge in [-0.1, -0.05) is 0 Å². The van der Waals surface area contributed by atoms with E-state index in [1.807, 2.05) is 0 Å². The van der Waals surface area contributed by atoms with Gasteiger partial charge in [-0.2, -0.15) is 8.42 Å². The van der Waals surface area contributed by atoms with Crippen LogP contribution >= 0.6 is 18.3 Å². The maximum absolute atomic E-state index is 11.6. The molecule has 0 aliphatic rings. The molecule has 0 aromatic heterocycles.